The fraction of sp³-hybridized carbons (Fsp3) is 0.667. The third-order valence-electron chi connectivity index (χ3n) is 4.60. The number of hydrogen-bond acceptors (Lipinski definition) is 6. The molecule has 148 valence electrons. The fourth-order valence-electron chi connectivity index (χ4n) is 3.19. The number of carbonyl (C=O) groups excluding carboxylic acids is 3. The van der Waals surface area contributed by atoms with Crippen LogP contribution < -0.4 is 5.32 Å². The molecule has 2 fully saturated rings. The van der Waals surface area contributed by atoms with E-state index in [1.54, 1.807) is 27.0 Å². The van der Waals surface area contributed by atoms with Crippen LogP contribution in [0.5, 0.6) is 0 Å². The minimum absolute atomic E-state index is 0.0361. The quantitative estimate of drug-likeness (QED) is 0.809. The molecule has 2 aliphatic rings. The standard InChI is InChI=1S/C18H26N4O5/c1-11(2)12-8-19-13(26-12)9-22-14(23)18(20-15(22)24)6-7-21(10-18)16(25)27-17(3,4)5/h8,11H,6-7,9-10H2,1-5H3,(H,20,24)/t18-/m1/s1. The molecule has 1 spiro atoms. The lowest BCUT2D eigenvalue weighted by molar-refractivity contribution is -0.131. The lowest BCUT2D eigenvalue weighted by Gasteiger charge is -2.25. The van der Waals surface area contributed by atoms with E-state index < -0.39 is 23.3 Å². The summed E-state index contributed by atoms with van der Waals surface area (Å²) in [5.74, 6) is 0.797. The van der Waals surface area contributed by atoms with Crippen molar-refractivity contribution in [1.82, 2.24) is 20.1 Å². The Balaban J connectivity index is 1.69. The zero-order valence-corrected chi connectivity index (χ0v) is 16.4. The second kappa shape index (κ2) is 6.54. The molecule has 0 radical (unpaired) electrons. The number of urea groups is 1. The van der Waals surface area contributed by atoms with Gasteiger partial charge in [-0.2, -0.15) is 0 Å². The summed E-state index contributed by atoms with van der Waals surface area (Å²) < 4.78 is 11.0. The van der Waals surface area contributed by atoms with Crippen LogP contribution in [0.25, 0.3) is 0 Å². The first-order valence-electron chi connectivity index (χ1n) is 9.07. The van der Waals surface area contributed by atoms with Crippen LogP contribution in [0.3, 0.4) is 0 Å². The molecule has 0 saturated carbocycles. The Labute approximate surface area is 158 Å². The van der Waals surface area contributed by atoms with Crippen molar-refractivity contribution >= 4 is 18.0 Å². The minimum atomic E-state index is -1.11. The first-order chi connectivity index (χ1) is 12.5. The van der Waals surface area contributed by atoms with Gasteiger partial charge in [0.25, 0.3) is 5.91 Å². The van der Waals surface area contributed by atoms with E-state index in [2.05, 4.69) is 10.3 Å². The van der Waals surface area contributed by atoms with Gasteiger partial charge in [0.05, 0.1) is 12.7 Å². The SMILES string of the molecule is CC(C)c1cnc(CN2C(=O)N[C@@]3(CCN(C(=O)OC(C)(C)C)C3)C2=O)o1. The number of aromatic nitrogens is 1. The number of hydrogen-bond donors (Lipinski definition) is 1. The summed E-state index contributed by atoms with van der Waals surface area (Å²) in [6, 6.07) is -0.504. The van der Waals surface area contributed by atoms with Gasteiger partial charge in [0.15, 0.2) is 0 Å². The highest BCUT2D eigenvalue weighted by atomic mass is 16.6. The summed E-state index contributed by atoms with van der Waals surface area (Å²) in [6.07, 6.45) is 1.46. The lowest BCUT2D eigenvalue weighted by Crippen LogP contribution is -2.50. The van der Waals surface area contributed by atoms with E-state index >= 15 is 0 Å². The average molecular weight is 378 g/mol. The van der Waals surface area contributed by atoms with Gasteiger partial charge in [-0.25, -0.2) is 14.6 Å². The van der Waals surface area contributed by atoms with E-state index in [0.717, 1.165) is 4.90 Å². The summed E-state index contributed by atoms with van der Waals surface area (Å²) in [6.45, 7) is 9.67. The Morgan fingerprint density at radius 1 is 1.41 bits per heavy atom. The highest BCUT2D eigenvalue weighted by Crippen LogP contribution is 2.30. The summed E-state index contributed by atoms with van der Waals surface area (Å²) in [7, 11) is 0. The lowest BCUT2D eigenvalue weighted by atomic mass is 9.99. The van der Waals surface area contributed by atoms with Crippen LogP contribution >= 0.6 is 0 Å². The van der Waals surface area contributed by atoms with Crippen molar-refractivity contribution in [2.45, 2.75) is 64.6 Å². The van der Waals surface area contributed by atoms with E-state index in [-0.39, 0.29) is 24.9 Å². The van der Waals surface area contributed by atoms with Gasteiger partial charge in [0.2, 0.25) is 5.89 Å². The highest BCUT2D eigenvalue weighted by molar-refractivity contribution is 6.07. The van der Waals surface area contributed by atoms with E-state index in [9.17, 15) is 14.4 Å². The van der Waals surface area contributed by atoms with Crippen molar-refractivity contribution in [2.24, 2.45) is 0 Å². The maximum Gasteiger partial charge on any atom is 0.410 e. The average Bonchev–Trinajstić information content (AvgIpc) is 3.22. The van der Waals surface area contributed by atoms with Crippen LogP contribution in [-0.2, 0) is 16.1 Å². The van der Waals surface area contributed by atoms with Crippen LogP contribution in [0.1, 0.15) is 58.6 Å². The maximum atomic E-state index is 12.9. The molecular weight excluding hydrogens is 352 g/mol. The molecule has 0 bridgehead atoms. The number of oxazole rings is 1. The predicted octanol–water partition coefficient (Wildman–Crippen LogP) is 2.23. The molecule has 9 heteroatoms. The molecule has 4 amide bonds. The molecule has 9 nitrogen and oxygen atoms in total. The Kier molecular flexibility index (Phi) is 4.65. The minimum Gasteiger partial charge on any atom is -0.444 e. The predicted molar refractivity (Wildman–Crippen MR) is 94.8 cm³/mol. The normalized spacial score (nSPS) is 22.9. The zero-order chi connectivity index (χ0) is 20.0. The van der Waals surface area contributed by atoms with Gasteiger partial charge in [-0.15, -0.1) is 0 Å². The Bertz CT molecular complexity index is 766. The van der Waals surface area contributed by atoms with Crippen molar-refractivity contribution in [1.29, 1.82) is 0 Å². The second-order valence-corrected chi connectivity index (χ2v) is 8.37. The smallest absolute Gasteiger partial charge is 0.410 e. The van der Waals surface area contributed by atoms with Gasteiger partial charge in [-0.3, -0.25) is 9.69 Å². The summed E-state index contributed by atoms with van der Waals surface area (Å²) >= 11 is 0. The molecule has 3 heterocycles. The van der Waals surface area contributed by atoms with Gasteiger partial charge >= 0.3 is 12.1 Å². The monoisotopic (exact) mass is 378 g/mol. The van der Waals surface area contributed by atoms with Gasteiger partial charge in [-0.05, 0) is 27.2 Å². The topological polar surface area (TPSA) is 105 Å². The number of nitrogens with one attached hydrogen (secondary N) is 1. The van der Waals surface area contributed by atoms with E-state index in [1.807, 2.05) is 13.8 Å². The number of imide groups is 1. The molecule has 1 N–H and O–H groups in total. The van der Waals surface area contributed by atoms with Crippen LogP contribution in [0.4, 0.5) is 9.59 Å². The third kappa shape index (κ3) is 3.77. The van der Waals surface area contributed by atoms with Gasteiger partial charge in [0, 0.05) is 12.5 Å². The van der Waals surface area contributed by atoms with E-state index in [0.29, 0.717) is 24.6 Å². The fourth-order valence-corrected chi connectivity index (χ4v) is 3.19. The van der Waals surface area contributed by atoms with Gasteiger partial charge < -0.3 is 19.4 Å². The zero-order valence-electron chi connectivity index (χ0n) is 16.4. The number of ether oxygens (including phenoxy) is 1. The van der Waals surface area contributed by atoms with E-state index in [1.165, 1.54) is 4.90 Å². The number of rotatable bonds is 3. The largest absolute Gasteiger partial charge is 0.444 e. The molecule has 3 rings (SSSR count). The highest BCUT2D eigenvalue weighted by Gasteiger charge is 2.56. The van der Waals surface area contributed by atoms with Crippen molar-refractivity contribution in [3.05, 3.63) is 17.8 Å². The number of carbonyl (C=O) groups is 3. The summed E-state index contributed by atoms with van der Waals surface area (Å²) in [4.78, 5) is 44.3. The van der Waals surface area contributed by atoms with Crippen molar-refractivity contribution in [3.63, 3.8) is 0 Å². The first kappa shape index (κ1) is 19.2. The first-order valence-corrected chi connectivity index (χ1v) is 9.07. The van der Waals surface area contributed by atoms with Gasteiger partial charge in [0.1, 0.15) is 23.4 Å². The molecular formula is C18H26N4O5. The Morgan fingerprint density at radius 3 is 2.70 bits per heavy atom. The molecule has 1 aromatic heterocycles. The van der Waals surface area contributed by atoms with Gasteiger partial charge in [-0.1, -0.05) is 13.8 Å². The van der Waals surface area contributed by atoms with Crippen molar-refractivity contribution < 1.29 is 23.5 Å². The van der Waals surface area contributed by atoms with Crippen molar-refractivity contribution in [2.75, 3.05) is 13.1 Å². The number of nitrogens with zero attached hydrogens (tertiary/aromatic N) is 3. The Hall–Kier alpha value is -2.58. The van der Waals surface area contributed by atoms with Crippen LogP contribution in [0, 0.1) is 0 Å². The van der Waals surface area contributed by atoms with Crippen LogP contribution in [-0.4, -0.2) is 57.0 Å². The van der Waals surface area contributed by atoms with Crippen LogP contribution in [0.2, 0.25) is 0 Å². The van der Waals surface area contributed by atoms with Crippen molar-refractivity contribution in [3.8, 4) is 0 Å². The molecule has 1 aromatic rings. The molecule has 2 aliphatic heterocycles. The number of amides is 4. The third-order valence-corrected chi connectivity index (χ3v) is 4.60. The molecule has 0 aromatic carbocycles. The molecule has 0 aliphatic carbocycles. The molecule has 0 unspecified atom stereocenters. The number of likely N-dealkylation sites (tertiary alicyclic amines) is 1. The summed E-state index contributed by atoms with van der Waals surface area (Å²) in [5, 5.41) is 2.75. The molecule has 27 heavy (non-hydrogen) atoms. The maximum absolute atomic E-state index is 12.9. The molecule has 1 atom stereocenters. The second-order valence-electron chi connectivity index (χ2n) is 8.37. The summed E-state index contributed by atoms with van der Waals surface area (Å²) in [5.41, 5.74) is -1.73. The molecule has 2 saturated heterocycles. The van der Waals surface area contributed by atoms with E-state index in [4.69, 9.17) is 9.15 Å². The van der Waals surface area contributed by atoms with Crippen LogP contribution in [0.15, 0.2) is 10.6 Å². The Morgan fingerprint density at radius 2 is 2.11 bits per heavy atom.